The van der Waals surface area contributed by atoms with Gasteiger partial charge < -0.3 is 10.5 Å². The Morgan fingerprint density at radius 3 is 2.88 bits per heavy atom. The summed E-state index contributed by atoms with van der Waals surface area (Å²) >= 11 is 5.65. The number of nitrogens with two attached hydrogens (primary N) is 1. The summed E-state index contributed by atoms with van der Waals surface area (Å²) in [5.74, 6) is -0.591. The van der Waals surface area contributed by atoms with Crippen LogP contribution < -0.4 is 5.73 Å². The van der Waals surface area contributed by atoms with Crippen molar-refractivity contribution in [1.29, 1.82) is 0 Å². The minimum Gasteiger partial charge on any atom is -0.441 e. The lowest BCUT2D eigenvalue weighted by molar-refractivity contribution is 0.111. The Kier molecular flexibility index (Phi) is 4.56. The molecule has 0 aromatic heterocycles. The van der Waals surface area contributed by atoms with E-state index in [1.54, 1.807) is 0 Å². The molecule has 8 heteroatoms. The van der Waals surface area contributed by atoms with E-state index in [9.17, 15) is 9.18 Å². The van der Waals surface area contributed by atoms with E-state index in [-0.39, 0.29) is 17.1 Å². The third-order valence-corrected chi connectivity index (χ3v) is 2.04. The first-order chi connectivity index (χ1) is 8.02. The minimum absolute atomic E-state index is 0.138. The first-order valence-electron chi connectivity index (χ1n) is 4.46. The number of ether oxygens (including phenoxy) is 1. The van der Waals surface area contributed by atoms with Crippen LogP contribution in [0.2, 0.25) is 5.02 Å². The molecule has 1 aromatic rings. The number of halogens is 2. The molecule has 0 saturated carbocycles. The number of amides is 1. The van der Waals surface area contributed by atoms with Gasteiger partial charge in [0.2, 0.25) is 0 Å². The molecule has 0 radical (unpaired) electrons. The summed E-state index contributed by atoms with van der Waals surface area (Å²) < 4.78 is 17.8. The third kappa shape index (κ3) is 4.18. The van der Waals surface area contributed by atoms with E-state index in [0.29, 0.717) is 0 Å². The standard InChI is InChI=1S/C9H8ClFN4O2/c10-6-1-5(2-7(11)3-6)8(4-14-15-13)17-9(12)16/h1-3,8H,4H2,(H2,12,16). The largest absolute Gasteiger partial charge is 0.441 e. The molecule has 1 atom stereocenters. The molecule has 1 unspecified atom stereocenters. The molecule has 0 fully saturated rings. The molecular weight excluding hydrogens is 251 g/mol. The van der Waals surface area contributed by atoms with Crippen molar-refractivity contribution in [2.24, 2.45) is 10.8 Å². The van der Waals surface area contributed by atoms with Gasteiger partial charge in [-0.05, 0) is 29.3 Å². The highest BCUT2D eigenvalue weighted by Gasteiger charge is 2.16. The van der Waals surface area contributed by atoms with Gasteiger partial charge in [-0.15, -0.1) is 0 Å². The second-order valence-corrected chi connectivity index (χ2v) is 3.48. The van der Waals surface area contributed by atoms with E-state index < -0.39 is 18.0 Å². The van der Waals surface area contributed by atoms with Crippen molar-refractivity contribution in [2.45, 2.75) is 6.10 Å². The van der Waals surface area contributed by atoms with Crippen molar-refractivity contribution in [2.75, 3.05) is 6.54 Å². The van der Waals surface area contributed by atoms with Gasteiger partial charge in [-0.1, -0.05) is 16.7 Å². The van der Waals surface area contributed by atoms with Gasteiger partial charge in [0.25, 0.3) is 0 Å². The number of carbonyl (C=O) groups is 1. The van der Waals surface area contributed by atoms with E-state index in [4.69, 9.17) is 27.6 Å². The van der Waals surface area contributed by atoms with Gasteiger partial charge in [-0.3, -0.25) is 0 Å². The van der Waals surface area contributed by atoms with E-state index in [1.165, 1.54) is 6.07 Å². The van der Waals surface area contributed by atoms with E-state index in [2.05, 4.69) is 10.0 Å². The van der Waals surface area contributed by atoms with Gasteiger partial charge >= 0.3 is 6.09 Å². The molecule has 0 heterocycles. The Bertz CT molecular complexity index is 452. The SMILES string of the molecule is [N-]=[N+]=NCC(OC(N)=O)c1cc(F)cc(Cl)c1. The van der Waals surface area contributed by atoms with Crippen molar-refractivity contribution in [3.8, 4) is 0 Å². The fourth-order valence-electron chi connectivity index (χ4n) is 1.22. The van der Waals surface area contributed by atoms with Crippen molar-refractivity contribution in [1.82, 2.24) is 0 Å². The second-order valence-electron chi connectivity index (χ2n) is 3.04. The summed E-state index contributed by atoms with van der Waals surface area (Å²) in [7, 11) is 0. The third-order valence-electron chi connectivity index (χ3n) is 1.83. The average molecular weight is 259 g/mol. The highest BCUT2D eigenvalue weighted by molar-refractivity contribution is 6.30. The lowest BCUT2D eigenvalue weighted by atomic mass is 10.1. The van der Waals surface area contributed by atoms with Gasteiger partial charge in [0.05, 0.1) is 6.54 Å². The Morgan fingerprint density at radius 2 is 2.35 bits per heavy atom. The normalized spacial score (nSPS) is 11.4. The molecule has 0 aliphatic carbocycles. The molecule has 1 amide bonds. The van der Waals surface area contributed by atoms with Gasteiger partial charge in [-0.25, -0.2) is 9.18 Å². The van der Waals surface area contributed by atoms with Crippen LogP contribution in [-0.2, 0) is 4.74 Å². The Morgan fingerprint density at radius 1 is 1.65 bits per heavy atom. The van der Waals surface area contributed by atoms with Crippen LogP contribution >= 0.6 is 11.6 Å². The van der Waals surface area contributed by atoms with Crippen molar-refractivity contribution in [3.05, 3.63) is 45.0 Å². The monoisotopic (exact) mass is 258 g/mol. The van der Waals surface area contributed by atoms with Crippen LogP contribution in [0.15, 0.2) is 23.3 Å². The maximum atomic E-state index is 13.1. The molecular formula is C9H8ClFN4O2. The molecule has 90 valence electrons. The number of benzene rings is 1. The Labute approximate surface area is 101 Å². The van der Waals surface area contributed by atoms with Crippen LogP contribution in [0.5, 0.6) is 0 Å². The van der Waals surface area contributed by atoms with E-state index in [1.807, 2.05) is 0 Å². The molecule has 6 nitrogen and oxygen atoms in total. The zero-order valence-electron chi connectivity index (χ0n) is 8.51. The molecule has 2 N–H and O–H groups in total. The van der Waals surface area contributed by atoms with Crippen molar-refractivity contribution < 1.29 is 13.9 Å². The molecule has 1 aromatic carbocycles. The molecule has 0 aliphatic heterocycles. The molecule has 0 spiro atoms. The summed E-state index contributed by atoms with van der Waals surface area (Å²) in [5.41, 5.74) is 13.3. The molecule has 17 heavy (non-hydrogen) atoms. The highest BCUT2D eigenvalue weighted by atomic mass is 35.5. The number of hydrogen-bond acceptors (Lipinski definition) is 3. The van der Waals surface area contributed by atoms with Crippen molar-refractivity contribution >= 4 is 17.7 Å². The number of nitrogens with zero attached hydrogens (tertiary/aromatic N) is 3. The van der Waals surface area contributed by atoms with Crippen LogP contribution in [0.4, 0.5) is 9.18 Å². The highest BCUT2D eigenvalue weighted by Crippen LogP contribution is 2.23. The predicted molar refractivity (Wildman–Crippen MR) is 58.8 cm³/mol. The minimum atomic E-state index is -1.05. The number of azide groups is 1. The van der Waals surface area contributed by atoms with Crippen LogP contribution in [-0.4, -0.2) is 12.6 Å². The number of carbonyl (C=O) groups excluding carboxylic acids is 1. The second kappa shape index (κ2) is 5.93. The molecule has 0 saturated heterocycles. The van der Waals surface area contributed by atoms with Crippen LogP contribution in [0.3, 0.4) is 0 Å². The van der Waals surface area contributed by atoms with Gasteiger partial charge in [0.15, 0.2) is 0 Å². The van der Waals surface area contributed by atoms with Crippen LogP contribution in [0.1, 0.15) is 11.7 Å². The van der Waals surface area contributed by atoms with Crippen LogP contribution in [0.25, 0.3) is 10.4 Å². The maximum absolute atomic E-state index is 13.1. The van der Waals surface area contributed by atoms with Crippen molar-refractivity contribution in [3.63, 3.8) is 0 Å². The average Bonchev–Trinajstić information content (AvgIpc) is 2.22. The maximum Gasteiger partial charge on any atom is 0.405 e. The van der Waals surface area contributed by atoms with E-state index in [0.717, 1.165) is 12.1 Å². The number of hydrogen-bond donors (Lipinski definition) is 1. The summed E-state index contributed by atoms with van der Waals surface area (Å²) in [5, 5.41) is 3.38. The summed E-state index contributed by atoms with van der Waals surface area (Å²) in [6, 6.07) is 3.61. The predicted octanol–water partition coefficient (Wildman–Crippen LogP) is 2.93. The zero-order chi connectivity index (χ0) is 12.8. The van der Waals surface area contributed by atoms with E-state index >= 15 is 0 Å². The lowest BCUT2D eigenvalue weighted by Crippen LogP contribution is -2.19. The first kappa shape index (κ1) is 13.1. The molecule has 0 bridgehead atoms. The smallest absolute Gasteiger partial charge is 0.405 e. The first-order valence-corrected chi connectivity index (χ1v) is 4.83. The summed E-state index contributed by atoms with van der Waals surface area (Å²) in [4.78, 5) is 13.2. The van der Waals surface area contributed by atoms with Gasteiger partial charge in [0.1, 0.15) is 11.9 Å². The zero-order valence-corrected chi connectivity index (χ0v) is 9.26. The van der Waals surface area contributed by atoms with Crippen LogP contribution in [0, 0.1) is 5.82 Å². The Hall–Kier alpha value is -1.98. The molecule has 1 rings (SSSR count). The summed E-state index contributed by atoms with van der Waals surface area (Å²) in [6.07, 6.45) is -2.01. The topological polar surface area (TPSA) is 101 Å². The number of rotatable bonds is 4. The van der Waals surface area contributed by atoms with Gasteiger partial charge in [0, 0.05) is 9.93 Å². The fourth-order valence-corrected chi connectivity index (χ4v) is 1.45. The Balaban J connectivity index is 3.01. The lowest BCUT2D eigenvalue weighted by Gasteiger charge is -2.14. The fraction of sp³-hybridized carbons (Fsp3) is 0.222. The quantitative estimate of drug-likeness (QED) is 0.510. The van der Waals surface area contributed by atoms with Gasteiger partial charge in [-0.2, -0.15) is 0 Å². The molecule has 0 aliphatic rings. The summed E-state index contributed by atoms with van der Waals surface area (Å²) in [6.45, 7) is -0.195. The number of primary amides is 1.